The summed E-state index contributed by atoms with van der Waals surface area (Å²) < 4.78 is 14.9. The molecule has 7 heteroatoms. The Kier molecular flexibility index (Phi) is 6.64. The van der Waals surface area contributed by atoms with E-state index in [0.29, 0.717) is 15.4 Å². The second-order valence-electron chi connectivity index (χ2n) is 3.41. The molecule has 1 aliphatic heterocycles. The predicted molar refractivity (Wildman–Crippen MR) is 67.0 cm³/mol. The van der Waals surface area contributed by atoms with Gasteiger partial charge in [-0.1, -0.05) is 17.6 Å². The molecule has 0 aliphatic carbocycles. The molecular weight excluding hydrogens is 203 g/mol. The molecule has 0 spiro atoms. The molecular formula is C9H14B3NO3. The first kappa shape index (κ1) is 13.0. The van der Waals surface area contributed by atoms with Crippen LogP contribution in [0, 0.1) is 0 Å². The van der Waals surface area contributed by atoms with Gasteiger partial charge in [0.05, 0.1) is 0 Å². The van der Waals surface area contributed by atoms with Crippen LogP contribution in [0.15, 0.2) is 42.1 Å². The van der Waals surface area contributed by atoms with Gasteiger partial charge in [-0.2, -0.15) is 0 Å². The van der Waals surface area contributed by atoms with Crippen LogP contribution in [0.25, 0.3) is 0 Å². The van der Waals surface area contributed by atoms with Crippen LogP contribution in [-0.4, -0.2) is 27.5 Å². The molecule has 0 amide bonds. The lowest BCUT2D eigenvalue weighted by molar-refractivity contribution is 0.332. The van der Waals surface area contributed by atoms with E-state index in [2.05, 4.69) is 4.98 Å². The molecule has 0 saturated carbocycles. The summed E-state index contributed by atoms with van der Waals surface area (Å²) in [6, 6.07) is 5.72. The highest BCUT2D eigenvalue weighted by Gasteiger charge is 2.19. The van der Waals surface area contributed by atoms with Crippen molar-refractivity contribution < 1.29 is 13.7 Å². The third-order valence-electron chi connectivity index (χ3n) is 1.67. The van der Waals surface area contributed by atoms with Crippen molar-refractivity contribution in [1.29, 1.82) is 0 Å². The van der Waals surface area contributed by atoms with Gasteiger partial charge in [-0.25, -0.2) is 0 Å². The lowest BCUT2D eigenvalue weighted by atomic mass is 9.83. The van der Waals surface area contributed by atoms with Gasteiger partial charge in [-0.05, 0) is 26.0 Å². The van der Waals surface area contributed by atoms with Crippen LogP contribution in [0.5, 0.6) is 0 Å². The topological polar surface area (TPSA) is 40.6 Å². The van der Waals surface area contributed by atoms with Crippen LogP contribution >= 0.6 is 0 Å². The van der Waals surface area contributed by atoms with E-state index in [1.807, 2.05) is 38.0 Å². The monoisotopic (exact) mass is 217 g/mol. The van der Waals surface area contributed by atoms with Gasteiger partial charge in [-0.3, -0.25) is 4.98 Å². The largest absolute Gasteiger partial charge is 0.458 e. The van der Waals surface area contributed by atoms with E-state index in [4.69, 9.17) is 13.7 Å². The van der Waals surface area contributed by atoms with Gasteiger partial charge in [0.15, 0.2) is 0 Å². The summed E-state index contributed by atoms with van der Waals surface area (Å²) in [7, 11) is 0.446. The van der Waals surface area contributed by atoms with Crippen molar-refractivity contribution in [3.05, 3.63) is 42.1 Å². The molecule has 1 saturated heterocycles. The van der Waals surface area contributed by atoms with Crippen molar-refractivity contribution in [3.8, 4) is 0 Å². The molecule has 1 aliphatic rings. The fraction of sp³-hybridized carbons (Fsp3) is 0.222. The second kappa shape index (κ2) is 8.16. The molecule has 0 unspecified atom stereocenters. The van der Waals surface area contributed by atoms with Crippen LogP contribution in [0.4, 0.5) is 0 Å². The van der Waals surface area contributed by atoms with E-state index in [-0.39, 0.29) is 7.12 Å². The van der Waals surface area contributed by atoms with Gasteiger partial charge in [0.25, 0.3) is 0 Å². The summed E-state index contributed by atoms with van der Waals surface area (Å²) in [6.07, 6.45) is 3.50. The Morgan fingerprint density at radius 3 is 2.12 bits per heavy atom. The molecule has 0 bridgehead atoms. The molecule has 2 rings (SSSR count). The molecule has 1 fully saturated rings. The normalized spacial score (nSPS) is 13.8. The van der Waals surface area contributed by atoms with Crippen LogP contribution in [-0.2, 0) is 13.7 Å². The summed E-state index contributed by atoms with van der Waals surface area (Å²) in [5, 5.41) is 0. The van der Waals surface area contributed by atoms with E-state index < -0.39 is 0 Å². The molecule has 0 radical (unpaired) electrons. The molecule has 0 N–H and O–H groups in total. The van der Waals surface area contributed by atoms with E-state index in [1.165, 1.54) is 5.57 Å². The van der Waals surface area contributed by atoms with Gasteiger partial charge < -0.3 is 13.7 Å². The molecule has 82 valence electrons. The Morgan fingerprint density at radius 2 is 1.75 bits per heavy atom. The number of allylic oxidation sites excluding steroid dienone is 1. The minimum absolute atomic E-state index is 0.209. The van der Waals surface area contributed by atoms with Gasteiger partial charge in [0, 0.05) is 12.4 Å². The minimum Gasteiger partial charge on any atom is -0.458 e. The average molecular weight is 217 g/mol. The lowest BCUT2D eigenvalue weighted by Gasteiger charge is -2.16. The van der Waals surface area contributed by atoms with Crippen molar-refractivity contribution in [2.75, 3.05) is 0 Å². The maximum Gasteiger partial charge on any atom is 0.458 e. The van der Waals surface area contributed by atoms with Crippen molar-refractivity contribution in [2.24, 2.45) is 0 Å². The Balaban J connectivity index is 0.000000181. The highest BCUT2D eigenvalue weighted by molar-refractivity contribution is 6.64. The lowest BCUT2D eigenvalue weighted by Crippen LogP contribution is -2.33. The third kappa shape index (κ3) is 6.45. The van der Waals surface area contributed by atoms with Crippen molar-refractivity contribution in [2.45, 2.75) is 13.8 Å². The fourth-order valence-corrected chi connectivity index (χ4v) is 0.993. The number of pyridine rings is 1. The summed E-state index contributed by atoms with van der Waals surface area (Å²) in [6.45, 7) is 4.00. The second-order valence-corrected chi connectivity index (χ2v) is 3.41. The van der Waals surface area contributed by atoms with Crippen LogP contribution in [0.3, 0.4) is 0 Å². The van der Waals surface area contributed by atoms with Gasteiger partial charge in [0.2, 0.25) is 0 Å². The number of rotatable bonds is 1. The first-order chi connectivity index (χ1) is 7.79. The van der Waals surface area contributed by atoms with E-state index in [0.717, 1.165) is 0 Å². The Hall–Kier alpha value is -1.04. The minimum atomic E-state index is -0.209. The Morgan fingerprint density at radius 1 is 1.12 bits per heavy atom. The van der Waals surface area contributed by atoms with Gasteiger partial charge in [-0.15, -0.1) is 0 Å². The highest BCUT2D eigenvalue weighted by atomic mass is 16.7. The van der Waals surface area contributed by atoms with Crippen LogP contribution < -0.4 is 0 Å². The standard InChI is InChI=1S/C5H5N.C4H9B3O3/c1-2-4-6-5-3-1;1-4(2)3-7-9-5-8-6-10-7/h1-5H;3,5-6H,1-2H3. The zero-order chi connectivity index (χ0) is 11.6. The molecule has 2 heterocycles. The van der Waals surface area contributed by atoms with Crippen LogP contribution in [0.1, 0.15) is 13.8 Å². The molecule has 4 nitrogen and oxygen atoms in total. The predicted octanol–water partition coefficient (Wildman–Crippen LogP) is 0.658. The summed E-state index contributed by atoms with van der Waals surface area (Å²) in [4.78, 5) is 3.78. The highest BCUT2D eigenvalue weighted by Crippen LogP contribution is 1.99. The molecule has 0 atom stereocenters. The quantitative estimate of drug-likeness (QED) is 0.647. The van der Waals surface area contributed by atoms with E-state index in [9.17, 15) is 0 Å². The van der Waals surface area contributed by atoms with Crippen molar-refractivity contribution >= 4 is 22.5 Å². The molecule has 0 aromatic carbocycles. The number of aromatic nitrogens is 1. The molecule has 1 aromatic heterocycles. The fourth-order valence-electron chi connectivity index (χ4n) is 0.993. The van der Waals surface area contributed by atoms with Crippen LogP contribution in [0.2, 0.25) is 0 Å². The van der Waals surface area contributed by atoms with Gasteiger partial charge in [0.1, 0.15) is 0 Å². The SMILES string of the molecule is CC(C)=CB1OBOBO1.c1ccncc1. The number of hydrogen-bond acceptors (Lipinski definition) is 4. The smallest absolute Gasteiger partial charge is 0.458 e. The number of hydrogen-bond donors (Lipinski definition) is 0. The molecule has 16 heavy (non-hydrogen) atoms. The zero-order valence-corrected chi connectivity index (χ0v) is 9.63. The van der Waals surface area contributed by atoms with Gasteiger partial charge >= 0.3 is 22.5 Å². The Labute approximate surface area is 97.8 Å². The average Bonchev–Trinajstić information content (AvgIpc) is 2.32. The Bertz CT molecular complexity index is 273. The molecule has 1 aromatic rings. The summed E-state index contributed by atoms with van der Waals surface area (Å²) in [5.41, 5.74) is 1.19. The maximum atomic E-state index is 5.07. The first-order valence-corrected chi connectivity index (χ1v) is 5.10. The third-order valence-corrected chi connectivity index (χ3v) is 1.67. The number of nitrogens with zero attached hydrogens (tertiary/aromatic N) is 1. The van der Waals surface area contributed by atoms with E-state index >= 15 is 0 Å². The zero-order valence-electron chi connectivity index (χ0n) is 9.63. The van der Waals surface area contributed by atoms with Crippen molar-refractivity contribution in [3.63, 3.8) is 0 Å². The van der Waals surface area contributed by atoms with E-state index in [1.54, 1.807) is 12.4 Å². The maximum absolute atomic E-state index is 5.07. The summed E-state index contributed by atoms with van der Waals surface area (Å²) in [5.74, 6) is 1.92. The first-order valence-electron chi connectivity index (χ1n) is 5.10. The summed E-state index contributed by atoms with van der Waals surface area (Å²) >= 11 is 0. The van der Waals surface area contributed by atoms with Crippen molar-refractivity contribution in [1.82, 2.24) is 4.98 Å².